The molecule has 0 saturated carbocycles. The fraction of sp³-hybridized carbons (Fsp3) is 0.0833. The van der Waals surface area contributed by atoms with E-state index in [1.165, 1.54) is 18.2 Å². The molecule has 9 heteroatoms. The van der Waals surface area contributed by atoms with Gasteiger partial charge in [-0.15, -0.1) is 0 Å². The second-order valence-corrected chi connectivity index (χ2v) is 7.59. The minimum absolute atomic E-state index is 0.256. The van der Waals surface area contributed by atoms with Gasteiger partial charge in [-0.05, 0) is 16.8 Å². The van der Waals surface area contributed by atoms with Gasteiger partial charge in [-0.1, -0.05) is 36.4 Å². The lowest BCUT2D eigenvalue weighted by Gasteiger charge is -2.10. The molecule has 2 aromatic rings. The highest BCUT2D eigenvalue weighted by Crippen LogP contribution is 2.20. The van der Waals surface area contributed by atoms with E-state index in [2.05, 4.69) is 0 Å². The molecule has 2 rings (SSSR count). The summed E-state index contributed by atoms with van der Waals surface area (Å²) in [5, 5.41) is 1.33. The molecule has 0 radical (unpaired) electrons. The highest BCUT2D eigenvalue weighted by Gasteiger charge is 2.42. The Balaban J connectivity index is 2.59. The van der Waals surface area contributed by atoms with Gasteiger partial charge in [-0.2, -0.15) is 16.8 Å². The zero-order chi connectivity index (χ0) is 15.8. The number of hydrogen-bond acceptors (Lipinski definition) is 5. The number of rotatable bonds is 4. The molecule has 0 unspecified atom stereocenters. The van der Waals surface area contributed by atoms with E-state index in [9.17, 15) is 21.6 Å². The first-order valence-corrected chi connectivity index (χ1v) is 8.57. The van der Waals surface area contributed by atoms with E-state index in [0.29, 0.717) is 5.39 Å². The third kappa shape index (κ3) is 3.27. The van der Waals surface area contributed by atoms with E-state index in [4.69, 9.17) is 9.11 Å². The van der Waals surface area contributed by atoms with Crippen LogP contribution in [0.5, 0.6) is 0 Å². The Kier molecular flexibility index (Phi) is 3.85. The molecule has 112 valence electrons. The zero-order valence-electron chi connectivity index (χ0n) is 10.4. The molecule has 2 aromatic carbocycles. The van der Waals surface area contributed by atoms with Crippen LogP contribution in [-0.2, 0) is 20.2 Å². The van der Waals surface area contributed by atoms with Crippen molar-refractivity contribution in [3.63, 3.8) is 0 Å². The molecule has 0 aliphatic rings. The van der Waals surface area contributed by atoms with Gasteiger partial charge in [-0.25, -0.2) is 0 Å². The van der Waals surface area contributed by atoms with Gasteiger partial charge >= 0.3 is 0 Å². The summed E-state index contributed by atoms with van der Waals surface area (Å²) >= 11 is 0. The van der Waals surface area contributed by atoms with E-state index in [-0.39, 0.29) is 5.56 Å². The average molecular weight is 330 g/mol. The van der Waals surface area contributed by atoms with E-state index < -0.39 is 30.6 Å². The zero-order valence-corrected chi connectivity index (χ0v) is 12.0. The Bertz CT molecular complexity index is 882. The van der Waals surface area contributed by atoms with Crippen LogP contribution in [0.4, 0.5) is 0 Å². The van der Waals surface area contributed by atoms with Crippen molar-refractivity contribution in [2.45, 2.75) is 4.58 Å². The molecule has 7 nitrogen and oxygen atoms in total. The highest BCUT2D eigenvalue weighted by atomic mass is 32.3. The van der Waals surface area contributed by atoms with E-state index in [0.717, 1.165) is 5.39 Å². The van der Waals surface area contributed by atoms with Crippen molar-refractivity contribution in [1.29, 1.82) is 0 Å². The van der Waals surface area contributed by atoms with Gasteiger partial charge in [0.2, 0.25) is 5.78 Å². The van der Waals surface area contributed by atoms with Crippen LogP contribution in [0.15, 0.2) is 42.5 Å². The summed E-state index contributed by atoms with van der Waals surface area (Å²) in [6, 6.07) is 10.8. The van der Waals surface area contributed by atoms with Crippen molar-refractivity contribution in [2.24, 2.45) is 0 Å². The van der Waals surface area contributed by atoms with Gasteiger partial charge in [0.25, 0.3) is 24.8 Å². The highest BCUT2D eigenvalue weighted by molar-refractivity contribution is 8.05. The predicted octanol–water partition coefficient (Wildman–Crippen LogP) is 1.12. The van der Waals surface area contributed by atoms with Crippen molar-refractivity contribution >= 4 is 36.8 Å². The first-order valence-electron chi connectivity index (χ1n) is 5.56. The number of Topliss-reactive ketones (excluding diaryl/α,β-unsaturated/α-hetero) is 1. The lowest BCUT2D eigenvalue weighted by atomic mass is 10.1. The van der Waals surface area contributed by atoms with Gasteiger partial charge in [-0.3, -0.25) is 13.9 Å². The summed E-state index contributed by atoms with van der Waals surface area (Å²) in [5.41, 5.74) is -0.256. The lowest BCUT2D eigenvalue weighted by molar-refractivity contribution is 0.100. The molecule has 0 amide bonds. The summed E-state index contributed by atoms with van der Waals surface area (Å²) in [5.74, 6) is -1.43. The van der Waals surface area contributed by atoms with Gasteiger partial charge in [0.15, 0.2) is 0 Å². The maximum atomic E-state index is 12.0. The fourth-order valence-corrected chi connectivity index (χ4v) is 3.95. The number of hydrogen-bond donors (Lipinski definition) is 2. The molecule has 0 aliphatic carbocycles. The third-order valence-corrected chi connectivity index (χ3v) is 5.76. The standard InChI is InChI=1S/C12H10O7S2/c13-11(12(20(14,15)16)21(17,18)19)10-6-5-8-3-1-2-4-9(8)7-10/h1-7,12H,(H,14,15,16)(H,17,18,19). The van der Waals surface area contributed by atoms with Crippen molar-refractivity contribution < 1.29 is 30.7 Å². The Morgan fingerprint density at radius 1 is 0.857 bits per heavy atom. The molecule has 0 saturated heterocycles. The van der Waals surface area contributed by atoms with Gasteiger partial charge < -0.3 is 0 Å². The Morgan fingerprint density at radius 3 is 1.90 bits per heavy atom. The lowest BCUT2D eigenvalue weighted by Crippen LogP contribution is -2.37. The molecule has 0 aromatic heterocycles. The van der Waals surface area contributed by atoms with Crippen LogP contribution in [0.25, 0.3) is 10.8 Å². The maximum absolute atomic E-state index is 12.0. The van der Waals surface area contributed by atoms with Crippen LogP contribution in [0.2, 0.25) is 0 Å². The second-order valence-electron chi connectivity index (χ2n) is 4.29. The van der Waals surface area contributed by atoms with Crippen LogP contribution in [0, 0.1) is 0 Å². The SMILES string of the molecule is O=C(c1ccc2ccccc2c1)C(S(=O)(=O)O)S(=O)(=O)O. The first-order chi connectivity index (χ1) is 9.60. The number of benzene rings is 2. The molecule has 0 heterocycles. The smallest absolute Gasteiger partial charge is 0.291 e. The Hall–Kier alpha value is -1.81. The molecular weight excluding hydrogens is 320 g/mol. The quantitative estimate of drug-likeness (QED) is 0.635. The Labute approximate surface area is 120 Å². The normalized spacial score (nSPS) is 12.7. The summed E-state index contributed by atoms with van der Waals surface area (Å²) in [6.45, 7) is 0. The molecule has 0 atom stereocenters. The topological polar surface area (TPSA) is 126 Å². The molecule has 0 spiro atoms. The van der Waals surface area contributed by atoms with Crippen molar-refractivity contribution in [2.75, 3.05) is 0 Å². The minimum atomic E-state index is -5.31. The Morgan fingerprint density at radius 2 is 1.38 bits per heavy atom. The minimum Gasteiger partial charge on any atom is -0.291 e. The van der Waals surface area contributed by atoms with Crippen LogP contribution in [0.1, 0.15) is 10.4 Å². The first kappa shape index (κ1) is 15.6. The van der Waals surface area contributed by atoms with E-state index in [1.54, 1.807) is 24.3 Å². The summed E-state index contributed by atoms with van der Waals surface area (Å²) < 4.78 is 59.0. The average Bonchev–Trinajstić information content (AvgIpc) is 2.34. The van der Waals surface area contributed by atoms with Crippen LogP contribution in [0.3, 0.4) is 0 Å². The summed E-state index contributed by atoms with van der Waals surface area (Å²) in [7, 11) is -10.6. The monoisotopic (exact) mass is 330 g/mol. The second kappa shape index (κ2) is 5.19. The number of carbonyl (C=O) groups excluding carboxylic acids is 1. The van der Waals surface area contributed by atoms with E-state index in [1.807, 2.05) is 0 Å². The molecule has 2 N–H and O–H groups in total. The summed E-state index contributed by atoms with van der Waals surface area (Å²) in [4.78, 5) is 12.0. The molecule has 0 aliphatic heterocycles. The van der Waals surface area contributed by atoms with Crippen LogP contribution >= 0.6 is 0 Å². The predicted molar refractivity (Wildman–Crippen MR) is 75.2 cm³/mol. The molecule has 0 fully saturated rings. The molecule has 21 heavy (non-hydrogen) atoms. The number of fused-ring (bicyclic) bond motifs is 1. The van der Waals surface area contributed by atoms with Crippen LogP contribution in [-0.4, -0.2) is 36.3 Å². The van der Waals surface area contributed by atoms with E-state index >= 15 is 0 Å². The van der Waals surface area contributed by atoms with Gasteiger partial charge in [0, 0.05) is 5.56 Å². The molecular formula is C12H10O7S2. The fourth-order valence-electron chi connectivity index (χ4n) is 1.90. The molecule has 0 bridgehead atoms. The summed E-state index contributed by atoms with van der Waals surface area (Å²) in [6.07, 6.45) is 0. The number of carbonyl (C=O) groups is 1. The third-order valence-electron chi connectivity index (χ3n) is 2.79. The van der Waals surface area contributed by atoms with Crippen LogP contribution < -0.4 is 0 Å². The largest absolute Gasteiger partial charge is 0.292 e. The van der Waals surface area contributed by atoms with Crippen molar-refractivity contribution in [1.82, 2.24) is 0 Å². The van der Waals surface area contributed by atoms with Gasteiger partial charge in [0.1, 0.15) is 0 Å². The van der Waals surface area contributed by atoms with Crippen molar-refractivity contribution in [3.05, 3.63) is 48.0 Å². The maximum Gasteiger partial charge on any atom is 0.292 e. The van der Waals surface area contributed by atoms with Crippen molar-refractivity contribution in [3.8, 4) is 0 Å². The van der Waals surface area contributed by atoms with Gasteiger partial charge in [0.05, 0.1) is 0 Å². The number of ketones is 1.